The highest BCUT2D eigenvalue weighted by Crippen LogP contribution is 2.19. The van der Waals surface area contributed by atoms with E-state index in [1.807, 2.05) is 6.92 Å². The Morgan fingerprint density at radius 2 is 2.38 bits per heavy atom. The van der Waals surface area contributed by atoms with Gasteiger partial charge in [-0.2, -0.15) is 0 Å². The molecule has 0 aromatic heterocycles. The Morgan fingerprint density at radius 1 is 1.62 bits per heavy atom. The van der Waals surface area contributed by atoms with Crippen LogP contribution in [0.1, 0.15) is 20.3 Å². The van der Waals surface area contributed by atoms with Crippen molar-refractivity contribution in [3.63, 3.8) is 0 Å². The molecule has 1 rings (SSSR count). The summed E-state index contributed by atoms with van der Waals surface area (Å²) in [4.78, 5) is 0. The zero-order valence-electron chi connectivity index (χ0n) is 8.62. The van der Waals surface area contributed by atoms with E-state index in [2.05, 4.69) is 12.2 Å². The average molecular weight is 187 g/mol. The average Bonchev–Trinajstić information content (AvgIpc) is 2.52. The molecular formula is C10H21NO2. The van der Waals surface area contributed by atoms with Crippen molar-refractivity contribution in [1.82, 2.24) is 5.32 Å². The van der Waals surface area contributed by atoms with Gasteiger partial charge in [0.15, 0.2) is 0 Å². The summed E-state index contributed by atoms with van der Waals surface area (Å²) in [6, 6.07) is 0. The Labute approximate surface area is 80.5 Å². The summed E-state index contributed by atoms with van der Waals surface area (Å²) < 4.78 is 5.46. The molecule has 13 heavy (non-hydrogen) atoms. The fourth-order valence-electron chi connectivity index (χ4n) is 1.62. The van der Waals surface area contributed by atoms with Crippen molar-refractivity contribution in [2.75, 3.05) is 26.3 Å². The lowest BCUT2D eigenvalue weighted by molar-refractivity contribution is 0.105. The molecule has 0 saturated carbocycles. The molecule has 3 atom stereocenters. The fraction of sp³-hybridized carbons (Fsp3) is 1.00. The second-order valence-corrected chi connectivity index (χ2v) is 4.07. The predicted molar refractivity (Wildman–Crippen MR) is 52.6 cm³/mol. The summed E-state index contributed by atoms with van der Waals surface area (Å²) in [5.41, 5.74) is 0. The first-order chi connectivity index (χ1) is 6.24. The van der Waals surface area contributed by atoms with Crippen LogP contribution in [0.15, 0.2) is 0 Å². The molecule has 0 amide bonds. The number of aliphatic hydroxyl groups excluding tert-OH is 1. The van der Waals surface area contributed by atoms with Gasteiger partial charge in [0.25, 0.3) is 0 Å². The highest BCUT2D eigenvalue weighted by molar-refractivity contribution is 4.74. The van der Waals surface area contributed by atoms with E-state index < -0.39 is 0 Å². The maximum atomic E-state index is 8.81. The number of hydrogen-bond donors (Lipinski definition) is 2. The van der Waals surface area contributed by atoms with Crippen LogP contribution in [-0.4, -0.2) is 37.5 Å². The maximum absolute atomic E-state index is 8.81. The molecule has 0 bridgehead atoms. The van der Waals surface area contributed by atoms with Crippen LogP contribution in [0.5, 0.6) is 0 Å². The smallest absolute Gasteiger partial charge is 0.0588 e. The van der Waals surface area contributed by atoms with Gasteiger partial charge in [0, 0.05) is 19.8 Å². The molecule has 3 nitrogen and oxygen atoms in total. The van der Waals surface area contributed by atoms with Crippen molar-refractivity contribution in [1.29, 1.82) is 0 Å². The van der Waals surface area contributed by atoms with E-state index in [1.54, 1.807) is 0 Å². The minimum absolute atomic E-state index is 0.268. The van der Waals surface area contributed by atoms with Gasteiger partial charge < -0.3 is 15.2 Å². The van der Waals surface area contributed by atoms with Crippen molar-refractivity contribution in [2.45, 2.75) is 26.4 Å². The Bertz CT molecular complexity index is 141. The molecule has 1 heterocycles. The van der Waals surface area contributed by atoms with Crippen LogP contribution >= 0.6 is 0 Å². The quantitative estimate of drug-likeness (QED) is 0.663. The van der Waals surface area contributed by atoms with Crippen LogP contribution in [0.2, 0.25) is 0 Å². The lowest BCUT2D eigenvalue weighted by atomic mass is 10.0. The lowest BCUT2D eigenvalue weighted by Gasteiger charge is -2.16. The van der Waals surface area contributed by atoms with E-state index in [0.717, 1.165) is 19.7 Å². The second kappa shape index (κ2) is 5.58. The molecule has 1 saturated heterocycles. The van der Waals surface area contributed by atoms with Crippen LogP contribution < -0.4 is 5.32 Å². The molecule has 3 unspecified atom stereocenters. The monoisotopic (exact) mass is 187 g/mol. The third-order valence-electron chi connectivity index (χ3n) is 2.74. The number of aliphatic hydroxyl groups is 1. The molecule has 0 aromatic rings. The van der Waals surface area contributed by atoms with Crippen molar-refractivity contribution in [3.8, 4) is 0 Å². The molecule has 3 heteroatoms. The molecular weight excluding hydrogens is 166 g/mol. The first-order valence-electron chi connectivity index (χ1n) is 5.17. The van der Waals surface area contributed by atoms with E-state index in [0.29, 0.717) is 17.9 Å². The van der Waals surface area contributed by atoms with Gasteiger partial charge >= 0.3 is 0 Å². The van der Waals surface area contributed by atoms with Crippen molar-refractivity contribution >= 4 is 0 Å². The minimum Gasteiger partial charge on any atom is -0.396 e. The normalized spacial score (nSPS) is 30.7. The lowest BCUT2D eigenvalue weighted by Crippen LogP contribution is -2.31. The first-order valence-corrected chi connectivity index (χ1v) is 5.17. The molecule has 0 aromatic carbocycles. The third-order valence-corrected chi connectivity index (χ3v) is 2.74. The largest absolute Gasteiger partial charge is 0.396 e. The van der Waals surface area contributed by atoms with Crippen molar-refractivity contribution in [3.05, 3.63) is 0 Å². The van der Waals surface area contributed by atoms with Gasteiger partial charge in [-0.05, 0) is 31.7 Å². The molecule has 78 valence electrons. The highest BCUT2D eigenvalue weighted by atomic mass is 16.5. The summed E-state index contributed by atoms with van der Waals surface area (Å²) in [6.07, 6.45) is 1.57. The first kappa shape index (κ1) is 11.0. The number of hydrogen-bond acceptors (Lipinski definition) is 3. The van der Waals surface area contributed by atoms with Crippen molar-refractivity contribution in [2.24, 2.45) is 11.8 Å². The third kappa shape index (κ3) is 3.63. The highest BCUT2D eigenvalue weighted by Gasteiger charge is 2.23. The Balaban J connectivity index is 2.05. The topological polar surface area (TPSA) is 41.5 Å². The van der Waals surface area contributed by atoms with E-state index in [1.165, 1.54) is 6.42 Å². The number of ether oxygens (including phenoxy) is 1. The fourth-order valence-corrected chi connectivity index (χ4v) is 1.62. The zero-order valence-corrected chi connectivity index (χ0v) is 8.62. The van der Waals surface area contributed by atoms with Gasteiger partial charge in [-0.15, -0.1) is 0 Å². The van der Waals surface area contributed by atoms with Crippen LogP contribution in [0.4, 0.5) is 0 Å². The maximum Gasteiger partial charge on any atom is 0.0588 e. The van der Waals surface area contributed by atoms with Gasteiger partial charge in [0.05, 0.1) is 6.10 Å². The Morgan fingerprint density at radius 3 is 2.92 bits per heavy atom. The number of nitrogens with one attached hydrogen (secondary N) is 1. The van der Waals surface area contributed by atoms with E-state index in [4.69, 9.17) is 9.84 Å². The summed E-state index contributed by atoms with van der Waals surface area (Å²) in [7, 11) is 0. The van der Waals surface area contributed by atoms with Crippen LogP contribution in [0.25, 0.3) is 0 Å². The SMILES string of the molecule is CC(CO)CNCC1CCOC1C. The Kier molecular flexibility index (Phi) is 4.70. The molecule has 2 N–H and O–H groups in total. The van der Waals surface area contributed by atoms with Gasteiger partial charge in [-0.25, -0.2) is 0 Å². The molecule has 1 aliphatic rings. The summed E-state index contributed by atoms with van der Waals surface area (Å²) in [5, 5.41) is 12.2. The molecule has 1 aliphatic heterocycles. The Hall–Kier alpha value is -0.120. The summed E-state index contributed by atoms with van der Waals surface area (Å²) in [5.74, 6) is 1.02. The molecule has 0 spiro atoms. The second-order valence-electron chi connectivity index (χ2n) is 4.07. The molecule has 1 fully saturated rings. The van der Waals surface area contributed by atoms with Crippen molar-refractivity contribution < 1.29 is 9.84 Å². The summed E-state index contributed by atoms with van der Waals surface area (Å²) >= 11 is 0. The van der Waals surface area contributed by atoms with Gasteiger partial charge in [-0.3, -0.25) is 0 Å². The zero-order chi connectivity index (χ0) is 9.68. The standard InChI is InChI=1S/C10H21NO2/c1-8(7-12)5-11-6-10-3-4-13-9(10)2/h8-12H,3-7H2,1-2H3. The van der Waals surface area contributed by atoms with Crippen LogP contribution in [0, 0.1) is 11.8 Å². The van der Waals surface area contributed by atoms with Crippen LogP contribution in [-0.2, 0) is 4.74 Å². The number of rotatable bonds is 5. The predicted octanol–water partition coefficient (Wildman–Crippen LogP) is 0.629. The van der Waals surface area contributed by atoms with E-state index in [-0.39, 0.29) is 6.61 Å². The minimum atomic E-state index is 0.268. The van der Waals surface area contributed by atoms with Gasteiger partial charge in [0.2, 0.25) is 0 Å². The van der Waals surface area contributed by atoms with E-state index in [9.17, 15) is 0 Å². The van der Waals surface area contributed by atoms with Crippen LogP contribution in [0.3, 0.4) is 0 Å². The molecule has 0 radical (unpaired) electrons. The van der Waals surface area contributed by atoms with Gasteiger partial charge in [0.1, 0.15) is 0 Å². The molecule has 0 aliphatic carbocycles. The summed E-state index contributed by atoms with van der Waals surface area (Å²) in [6.45, 7) is 7.27. The van der Waals surface area contributed by atoms with Gasteiger partial charge in [-0.1, -0.05) is 6.92 Å². The van der Waals surface area contributed by atoms with E-state index >= 15 is 0 Å².